The Morgan fingerprint density at radius 3 is 2.36 bits per heavy atom. The largest absolute Gasteiger partial charge is 0.473 e. The van der Waals surface area contributed by atoms with E-state index in [0.717, 1.165) is 27.8 Å². The van der Waals surface area contributed by atoms with Gasteiger partial charge < -0.3 is 20.1 Å². The Labute approximate surface area is 171 Å². The van der Waals surface area contributed by atoms with Gasteiger partial charge in [0.2, 0.25) is 5.95 Å². The molecule has 9 heteroatoms. The zero-order valence-corrected chi connectivity index (χ0v) is 16.3. The smallest absolute Gasteiger partial charge is 0.414 e. The number of anilines is 1. The van der Waals surface area contributed by atoms with Crippen LogP contribution in [0.3, 0.4) is 0 Å². The van der Waals surface area contributed by atoms with Gasteiger partial charge in [0.25, 0.3) is 0 Å². The van der Waals surface area contributed by atoms with Gasteiger partial charge in [0, 0.05) is 29.2 Å². The highest BCUT2D eigenvalue weighted by Crippen LogP contribution is 2.25. The number of aromatic nitrogens is 2. The number of benzene rings is 2. The quantitative estimate of drug-likeness (QED) is 0.546. The average Bonchev–Trinajstić information content (AvgIpc) is 3.02. The SMILES string of the molecule is Cn1c(-c2cccc(Cl)c2)cnc1NCc1ccccc1Cl.O=C(O)C(=O)O. The zero-order chi connectivity index (χ0) is 20.7. The van der Waals surface area contributed by atoms with Gasteiger partial charge in [0.1, 0.15) is 0 Å². The molecular weight excluding hydrogens is 405 g/mol. The van der Waals surface area contributed by atoms with E-state index in [4.69, 9.17) is 43.0 Å². The van der Waals surface area contributed by atoms with Gasteiger partial charge in [0.05, 0.1) is 11.9 Å². The summed E-state index contributed by atoms with van der Waals surface area (Å²) in [5.74, 6) is -2.86. The van der Waals surface area contributed by atoms with E-state index in [1.165, 1.54) is 0 Å². The summed E-state index contributed by atoms with van der Waals surface area (Å²) in [5, 5.41) is 19.6. The first-order chi connectivity index (χ1) is 13.3. The molecular formula is C19H17Cl2N3O4. The molecule has 3 rings (SSSR count). The van der Waals surface area contributed by atoms with Crippen LogP contribution in [-0.2, 0) is 23.2 Å². The van der Waals surface area contributed by atoms with Gasteiger partial charge in [-0.2, -0.15) is 0 Å². The van der Waals surface area contributed by atoms with E-state index in [-0.39, 0.29) is 0 Å². The molecule has 0 amide bonds. The summed E-state index contributed by atoms with van der Waals surface area (Å²) in [6.07, 6.45) is 1.83. The highest BCUT2D eigenvalue weighted by Gasteiger charge is 2.09. The number of carbonyl (C=O) groups is 2. The van der Waals surface area contributed by atoms with Gasteiger partial charge in [-0.25, -0.2) is 14.6 Å². The molecule has 2 aromatic carbocycles. The number of nitrogens with zero attached hydrogens (tertiary/aromatic N) is 2. The highest BCUT2D eigenvalue weighted by atomic mass is 35.5. The fraction of sp³-hybridized carbons (Fsp3) is 0.105. The van der Waals surface area contributed by atoms with Crippen molar-refractivity contribution in [3.8, 4) is 11.3 Å². The Morgan fingerprint density at radius 2 is 1.75 bits per heavy atom. The van der Waals surface area contributed by atoms with Gasteiger partial charge in [-0.1, -0.05) is 53.5 Å². The number of nitrogens with one attached hydrogen (secondary N) is 1. The van der Waals surface area contributed by atoms with Crippen molar-refractivity contribution in [2.45, 2.75) is 6.54 Å². The van der Waals surface area contributed by atoms with Gasteiger partial charge >= 0.3 is 11.9 Å². The number of hydrogen-bond donors (Lipinski definition) is 3. The Kier molecular flexibility index (Phi) is 7.43. The zero-order valence-electron chi connectivity index (χ0n) is 14.8. The van der Waals surface area contributed by atoms with Crippen molar-refractivity contribution in [1.29, 1.82) is 0 Å². The van der Waals surface area contributed by atoms with Gasteiger partial charge in [0.15, 0.2) is 0 Å². The predicted octanol–water partition coefficient (Wildman–Crippen LogP) is 4.16. The second-order valence-corrected chi connectivity index (χ2v) is 6.44. The van der Waals surface area contributed by atoms with Crippen LogP contribution in [0.5, 0.6) is 0 Å². The fourth-order valence-electron chi connectivity index (χ4n) is 2.31. The molecule has 0 bridgehead atoms. The molecule has 146 valence electrons. The number of hydrogen-bond acceptors (Lipinski definition) is 4. The minimum atomic E-state index is -1.82. The minimum absolute atomic E-state index is 0.625. The molecule has 1 heterocycles. The molecule has 0 aliphatic carbocycles. The van der Waals surface area contributed by atoms with Crippen LogP contribution in [-0.4, -0.2) is 31.7 Å². The summed E-state index contributed by atoms with van der Waals surface area (Å²) in [4.78, 5) is 22.6. The van der Waals surface area contributed by atoms with E-state index in [1.54, 1.807) is 0 Å². The maximum absolute atomic E-state index is 9.10. The molecule has 0 aliphatic heterocycles. The first-order valence-corrected chi connectivity index (χ1v) is 8.76. The third-order valence-electron chi connectivity index (χ3n) is 3.69. The summed E-state index contributed by atoms with van der Waals surface area (Å²) in [6.45, 7) is 0.625. The third-order valence-corrected chi connectivity index (χ3v) is 4.29. The van der Waals surface area contributed by atoms with Gasteiger partial charge in [-0.3, -0.25) is 0 Å². The topological polar surface area (TPSA) is 104 Å². The number of carboxylic acids is 2. The van der Waals surface area contributed by atoms with Crippen molar-refractivity contribution >= 4 is 41.1 Å². The Hall–Kier alpha value is -3.03. The summed E-state index contributed by atoms with van der Waals surface area (Å²) < 4.78 is 2.00. The van der Waals surface area contributed by atoms with Crippen LogP contribution in [0.15, 0.2) is 54.7 Å². The normalized spacial score (nSPS) is 9.96. The van der Waals surface area contributed by atoms with Crippen LogP contribution >= 0.6 is 23.2 Å². The van der Waals surface area contributed by atoms with E-state index >= 15 is 0 Å². The molecule has 7 nitrogen and oxygen atoms in total. The lowest BCUT2D eigenvalue weighted by Crippen LogP contribution is -2.09. The Balaban J connectivity index is 0.000000409. The maximum Gasteiger partial charge on any atom is 0.414 e. The van der Waals surface area contributed by atoms with Crippen LogP contribution in [0.25, 0.3) is 11.3 Å². The molecule has 0 saturated heterocycles. The minimum Gasteiger partial charge on any atom is -0.473 e. The van der Waals surface area contributed by atoms with E-state index < -0.39 is 11.9 Å². The number of aliphatic carboxylic acids is 2. The molecule has 0 unspecified atom stereocenters. The van der Waals surface area contributed by atoms with E-state index in [0.29, 0.717) is 11.6 Å². The standard InChI is InChI=1S/C17H15Cl2N3.C2H2O4/c1-22-16(12-6-4-7-14(18)9-12)11-21-17(22)20-10-13-5-2-3-8-15(13)19;3-1(4)2(5)6/h2-9,11H,10H2,1H3,(H,20,21);(H,3,4)(H,5,6). The number of imidazole rings is 1. The van der Waals surface area contributed by atoms with Crippen molar-refractivity contribution in [2.75, 3.05) is 5.32 Å². The molecule has 0 atom stereocenters. The second-order valence-electron chi connectivity index (χ2n) is 5.59. The van der Waals surface area contributed by atoms with Gasteiger partial charge in [-0.15, -0.1) is 0 Å². The Bertz CT molecular complexity index is 977. The number of halogens is 2. The van der Waals surface area contributed by atoms with Crippen molar-refractivity contribution in [2.24, 2.45) is 7.05 Å². The molecule has 3 aromatic rings. The van der Waals surface area contributed by atoms with Crippen LogP contribution in [0.4, 0.5) is 5.95 Å². The lowest BCUT2D eigenvalue weighted by molar-refractivity contribution is -0.159. The molecule has 0 saturated carbocycles. The molecule has 0 aliphatic rings. The maximum atomic E-state index is 9.10. The highest BCUT2D eigenvalue weighted by molar-refractivity contribution is 6.31. The molecule has 28 heavy (non-hydrogen) atoms. The molecule has 0 fully saturated rings. The molecule has 3 N–H and O–H groups in total. The molecule has 0 radical (unpaired) electrons. The van der Waals surface area contributed by atoms with Crippen LogP contribution in [0.1, 0.15) is 5.56 Å². The van der Waals surface area contributed by atoms with Crippen molar-refractivity contribution in [3.05, 3.63) is 70.3 Å². The summed E-state index contributed by atoms with van der Waals surface area (Å²) >= 11 is 12.2. The van der Waals surface area contributed by atoms with Crippen LogP contribution in [0.2, 0.25) is 10.0 Å². The van der Waals surface area contributed by atoms with Gasteiger partial charge in [-0.05, 0) is 23.8 Å². The Morgan fingerprint density at radius 1 is 1.07 bits per heavy atom. The lowest BCUT2D eigenvalue weighted by Gasteiger charge is -2.09. The summed E-state index contributed by atoms with van der Waals surface area (Å²) in [7, 11) is 1.97. The van der Waals surface area contributed by atoms with Crippen molar-refractivity contribution in [3.63, 3.8) is 0 Å². The van der Waals surface area contributed by atoms with Crippen LogP contribution < -0.4 is 5.32 Å². The number of rotatable bonds is 4. The first kappa shape index (κ1) is 21.3. The fourth-order valence-corrected chi connectivity index (χ4v) is 2.70. The first-order valence-electron chi connectivity index (χ1n) is 8.00. The number of carboxylic acid groups (broad SMARTS) is 2. The van der Waals surface area contributed by atoms with E-state index in [9.17, 15) is 0 Å². The van der Waals surface area contributed by atoms with E-state index in [2.05, 4.69) is 10.3 Å². The lowest BCUT2D eigenvalue weighted by atomic mass is 10.2. The van der Waals surface area contributed by atoms with Crippen molar-refractivity contribution < 1.29 is 19.8 Å². The molecule has 0 spiro atoms. The van der Waals surface area contributed by atoms with Crippen LogP contribution in [0, 0.1) is 0 Å². The predicted molar refractivity (Wildman–Crippen MR) is 108 cm³/mol. The summed E-state index contributed by atoms with van der Waals surface area (Å²) in [6, 6.07) is 15.5. The monoisotopic (exact) mass is 421 g/mol. The third kappa shape index (κ3) is 5.73. The van der Waals surface area contributed by atoms with Crippen molar-refractivity contribution in [1.82, 2.24) is 9.55 Å². The average molecular weight is 422 g/mol. The van der Waals surface area contributed by atoms with E-state index in [1.807, 2.05) is 66.3 Å². The summed E-state index contributed by atoms with van der Waals surface area (Å²) in [5.41, 5.74) is 3.08. The second kappa shape index (κ2) is 9.77. The molecule has 1 aromatic heterocycles.